The van der Waals surface area contributed by atoms with Crippen LogP contribution in [0.1, 0.15) is 25.5 Å². The van der Waals surface area contributed by atoms with Crippen molar-refractivity contribution >= 4 is 0 Å². The van der Waals surface area contributed by atoms with Crippen LogP contribution in [-0.2, 0) is 0 Å². The van der Waals surface area contributed by atoms with Gasteiger partial charge in [0, 0.05) is 18.2 Å². The van der Waals surface area contributed by atoms with E-state index in [1.165, 1.54) is 11.9 Å². The molecule has 1 N–H and O–H groups in total. The number of halogens is 5. The van der Waals surface area contributed by atoms with Gasteiger partial charge in [-0.05, 0) is 13.0 Å². The summed E-state index contributed by atoms with van der Waals surface area (Å²) in [5.74, 6) is -10.2. The Bertz CT molecular complexity index is 463. The molecule has 0 bridgehead atoms. The zero-order valence-corrected chi connectivity index (χ0v) is 11.4. The van der Waals surface area contributed by atoms with Gasteiger partial charge in [0.25, 0.3) is 0 Å². The average Bonchev–Trinajstić information content (AvgIpc) is 2.38. The van der Waals surface area contributed by atoms with Crippen molar-refractivity contribution in [3.8, 4) is 0 Å². The van der Waals surface area contributed by atoms with Crippen LogP contribution in [0.15, 0.2) is 0 Å². The molecule has 20 heavy (non-hydrogen) atoms. The Balaban J connectivity index is 3.49. The van der Waals surface area contributed by atoms with E-state index in [9.17, 15) is 22.0 Å². The van der Waals surface area contributed by atoms with Crippen molar-refractivity contribution < 1.29 is 27.1 Å². The maximum atomic E-state index is 13.8. The smallest absolute Gasteiger partial charge is 0.200 e. The monoisotopic (exact) mass is 297 g/mol. The lowest BCUT2D eigenvalue weighted by Gasteiger charge is -2.31. The van der Waals surface area contributed by atoms with Gasteiger partial charge in [0.05, 0.1) is 6.61 Å². The van der Waals surface area contributed by atoms with Crippen LogP contribution in [-0.4, -0.2) is 30.2 Å². The van der Waals surface area contributed by atoms with Gasteiger partial charge in [0.15, 0.2) is 23.3 Å². The minimum atomic E-state index is -2.17. The Morgan fingerprint density at radius 2 is 1.30 bits per heavy atom. The van der Waals surface area contributed by atoms with Crippen LogP contribution in [0.2, 0.25) is 0 Å². The fraction of sp³-hybridized carbons (Fsp3) is 0.538. The molecule has 0 aromatic heterocycles. The number of hydrogen-bond donors (Lipinski definition) is 1. The van der Waals surface area contributed by atoms with E-state index in [2.05, 4.69) is 0 Å². The van der Waals surface area contributed by atoms with E-state index in [0.29, 0.717) is 0 Å². The maximum absolute atomic E-state index is 13.8. The first kappa shape index (κ1) is 16.8. The van der Waals surface area contributed by atoms with Gasteiger partial charge < -0.3 is 5.11 Å². The number of rotatable bonds is 5. The molecule has 0 amide bonds. The SMILES string of the molecule is CC(C)C(c1c(F)c(F)c(F)c(F)c1F)N(C)CCO. The van der Waals surface area contributed by atoms with E-state index in [4.69, 9.17) is 5.11 Å². The lowest BCUT2D eigenvalue weighted by atomic mass is 9.93. The lowest BCUT2D eigenvalue weighted by molar-refractivity contribution is 0.143. The van der Waals surface area contributed by atoms with Crippen molar-refractivity contribution in [1.29, 1.82) is 0 Å². The van der Waals surface area contributed by atoms with Crippen LogP contribution in [0.5, 0.6) is 0 Å². The predicted molar refractivity (Wildman–Crippen MR) is 63.5 cm³/mol. The molecule has 1 atom stereocenters. The predicted octanol–water partition coefficient (Wildman–Crippen LogP) is 3.00. The molecule has 0 spiro atoms. The second kappa shape index (κ2) is 6.49. The molecule has 114 valence electrons. The summed E-state index contributed by atoms with van der Waals surface area (Å²) in [6.07, 6.45) is 0. The standard InChI is InChI=1S/C13H16F5NO/c1-6(2)13(19(3)4-5-20)7-8(14)10(16)12(18)11(17)9(7)15/h6,13,20H,4-5H2,1-3H3. The van der Waals surface area contributed by atoms with Crippen molar-refractivity contribution in [2.45, 2.75) is 19.9 Å². The molecule has 0 fully saturated rings. The van der Waals surface area contributed by atoms with E-state index in [1.807, 2.05) is 0 Å². The largest absolute Gasteiger partial charge is 0.395 e. The molecule has 2 nitrogen and oxygen atoms in total. The zero-order chi connectivity index (χ0) is 15.6. The highest BCUT2D eigenvalue weighted by Gasteiger charge is 2.33. The maximum Gasteiger partial charge on any atom is 0.200 e. The Hall–Kier alpha value is -1.21. The summed E-state index contributed by atoms with van der Waals surface area (Å²) in [5, 5.41) is 8.87. The van der Waals surface area contributed by atoms with E-state index in [0.717, 1.165) is 0 Å². The molecule has 0 aliphatic carbocycles. The summed E-state index contributed by atoms with van der Waals surface area (Å²) in [4.78, 5) is 1.35. The molecule has 0 saturated carbocycles. The van der Waals surface area contributed by atoms with E-state index in [-0.39, 0.29) is 13.2 Å². The van der Waals surface area contributed by atoms with E-state index < -0.39 is 46.6 Å². The highest BCUT2D eigenvalue weighted by Crippen LogP contribution is 2.34. The quantitative estimate of drug-likeness (QED) is 0.513. The number of benzene rings is 1. The van der Waals surface area contributed by atoms with Gasteiger partial charge in [0.2, 0.25) is 5.82 Å². The highest BCUT2D eigenvalue weighted by molar-refractivity contribution is 5.27. The molecule has 0 aliphatic heterocycles. The normalized spacial score (nSPS) is 13.3. The van der Waals surface area contributed by atoms with Crippen LogP contribution >= 0.6 is 0 Å². The molecule has 7 heteroatoms. The Morgan fingerprint density at radius 1 is 0.900 bits per heavy atom. The van der Waals surface area contributed by atoms with Gasteiger partial charge in [-0.2, -0.15) is 0 Å². The number of likely N-dealkylation sites (N-methyl/N-ethyl adjacent to an activating group) is 1. The first-order chi connectivity index (χ1) is 9.23. The topological polar surface area (TPSA) is 23.5 Å². The third-order valence-electron chi connectivity index (χ3n) is 3.10. The second-order valence-electron chi connectivity index (χ2n) is 4.88. The fourth-order valence-electron chi connectivity index (χ4n) is 2.24. The molecule has 0 heterocycles. The molecule has 1 rings (SSSR count). The van der Waals surface area contributed by atoms with Crippen LogP contribution in [0, 0.1) is 35.0 Å². The summed E-state index contributed by atoms with van der Waals surface area (Å²) in [6.45, 7) is 2.94. The second-order valence-corrected chi connectivity index (χ2v) is 4.88. The first-order valence-corrected chi connectivity index (χ1v) is 6.06. The van der Waals surface area contributed by atoms with Crippen LogP contribution < -0.4 is 0 Å². The summed E-state index contributed by atoms with van der Waals surface area (Å²) < 4.78 is 67.1. The number of aliphatic hydroxyl groups excluding tert-OH is 1. The third kappa shape index (κ3) is 2.93. The van der Waals surface area contributed by atoms with Crippen molar-refractivity contribution in [1.82, 2.24) is 4.90 Å². The Morgan fingerprint density at radius 3 is 1.65 bits per heavy atom. The van der Waals surface area contributed by atoms with Crippen molar-refractivity contribution in [2.24, 2.45) is 5.92 Å². The molecule has 0 saturated heterocycles. The molecule has 1 aromatic rings. The third-order valence-corrected chi connectivity index (χ3v) is 3.10. The van der Waals surface area contributed by atoms with Gasteiger partial charge in [-0.25, -0.2) is 22.0 Å². The van der Waals surface area contributed by atoms with Gasteiger partial charge in [-0.15, -0.1) is 0 Å². The molecule has 1 aromatic carbocycles. The minimum absolute atomic E-state index is 0.0440. The zero-order valence-electron chi connectivity index (χ0n) is 11.4. The van der Waals surface area contributed by atoms with E-state index in [1.54, 1.807) is 13.8 Å². The fourth-order valence-corrected chi connectivity index (χ4v) is 2.24. The molecule has 1 unspecified atom stereocenters. The van der Waals surface area contributed by atoms with Gasteiger partial charge in [-0.1, -0.05) is 13.8 Å². The first-order valence-electron chi connectivity index (χ1n) is 6.06. The van der Waals surface area contributed by atoms with Crippen LogP contribution in [0.4, 0.5) is 22.0 Å². The number of aliphatic hydroxyl groups is 1. The highest BCUT2D eigenvalue weighted by atomic mass is 19.2. The molecule has 0 radical (unpaired) electrons. The Kier molecular flexibility index (Phi) is 5.47. The summed E-state index contributed by atoms with van der Waals surface area (Å²) >= 11 is 0. The average molecular weight is 297 g/mol. The molecular weight excluding hydrogens is 281 g/mol. The Labute approximate surface area is 113 Å². The number of nitrogens with zero attached hydrogens (tertiary/aromatic N) is 1. The van der Waals surface area contributed by atoms with Crippen LogP contribution in [0.25, 0.3) is 0 Å². The summed E-state index contributed by atoms with van der Waals surface area (Å²) in [6, 6.07) is -1.04. The van der Waals surface area contributed by atoms with Gasteiger partial charge in [-0.3, -0.25) is 4.90 Å². The van der Waals surface area contributed by atoms with Crippen molar-refractivity contribution in [3.05, 3.63) is 34.6 Å². The minimum Gasteiger partial charge on any atom is -0.395 e. The van der Waals surface area contributed by atoms with Crippen LogP contribution in [0.3, 0.4) is 0 Å². The summed E-state index contributed by atoms with van der Waals surface area (Å²) in [5.41, 5.74) is -0.868. The number of hydrogen-bond acceptors (Lipinski definition) is 2. The van der Waals surface area contributed by atoms with Crippen molar-refractivity contribution in [3.63, 3.8) is 0 Å². The lowest BCUT2D eigenvalue weighted by Crippen LogP contribution is -2.33. The molecular formula is C13H16F5NO. The van der Waals surface area contributed by atoms with Gasteiger partial charge >= 0.3 is 0 Å². The van der Waals surface area contributed by atoms with Crippen molar-refractivity contribution in [2.75, 3.05) is 20.2 Å². The van der Waals surface area contributed by atoms with Gasteiger partial charge in [0.1, 0.15) is 0 Å². The van der Waals surface area contributed by atoms with E-state index >= 15 is 0 Å². The summed E-state index contributed by atoms with van der Waals surface area (Å²) in [7, 11) is 1.44. The molecule has 0 aliphatic rings.